The number of benzene rings is 10. The maximum absolute atomic E-state index is 5.27. The highest BCUT2D eigenvalue weighted by molar-refractivity contribution is 6.01. The van der Waals surface area contributed by atoms with Gasteiger partial charge in [-0.15, -0.1) is 0 Å². The molecule has 2 heteroatoms. The van der Waals surface area contributed by atoms with Gasteiger partial charge in [0, 0.05) is 16.7 Å². The number of rotatable bonds is 7. The van der Waals surface area contributed by atoms with E-state index in [9.17, 15) is 0 Å². The summed E-state index contributed by atoms with van der Waals surface area (Å²) in [5.74, 6) is 0.702. The number of aromatic nitrogens is 2. The van der Waals surface area contributed by atoms with E-state index in [1.807, 2.05) is 18.2 Å². The summed E-state index contributed by atoms with van der Waals surface area (Å²) < 4.78 is 0. The minimum Gasteiger partial charge on any atom is -0.228 e. The second kappa shape index (κ2) is 15.1. The summed E-state index contributed by atoms with van der Waals surface area (Å²) in [6.45, 7) is 0. The van der Waals surface area contributed by atoms with Crippen molar-refractivity contribution in [3.63, 3.8) is 0 Å². The Balaban J connectivity index is 0.999. The van der Waals surface area contributed by atoms with E-state index in [1.54, 1.807) is 0 Å². The molecule has 1 aromatic heterocycles. The van der Waals surface area contributed by atoms with E-state index in [2.05, 4.69) is 224 Å². The second-order valence-electron chi connectivity index (χ2n) is 16.5. The van der Waals surface area contributed by atoms with Crippen molar-refractivity contribution in [2.75, 3.05) is 0 Å². The molecule has 0 saturated heterocycles. The molecule has 0 atom stereocenters. The molecule has 0 fully saturated rings. The zero-order chi connectivity index (χ0) is 41.7. The monoisotopic (exact) mass is 800 g/mol. The van der Waals surface area contributed by atoms with Gasteiger partial charge in [-0.3, -0.25) is 0 Å². The van der Waals surface area contributed by atoms with Crippen LogP contribution in [0.3, 0.4) is 0 Å². The number of fused-ring (bicyclic) bond motifs is 5. The van der Waals surface area contributed by atoms with Crippen LogP contribution >= 0.6 is 0 Å². The van der Waals surface area contributed by atoms with E-state index in [4.69, 9.17) is 9.97 Å². The lowest BCUT2D eigenvalue weighted by Gasteiger charge is -2.34. The van der Waals surface area contributed by atoms with Crippen LogP contribution in [0.1, 0.15) is 22.3 Å². The zero-order valence-electron chi connectivity index (χ0n) is 34.5. The molecular formula is C61H40N2. The van der Waals surface area contributed by atoms with Crippen LogP contribution in [0, 0.1) is 0 Å². The van der Waals surface area contributed by atoms with Crippen molar-refractivity contribution in [3.05, 3.63) is 265 Å². The molecule has 1 aliphatic carbocycles. The van der Waals surface area contributed by atoms with Gasteiger partial charge in [0.05, 0.1) is 16.8 Å². The molecule has 0 saturated carbocycles. The molecule has 0 radical (unpaired) electrons. The molecule has 11 aromatic rings. The molecule has 0 bridgehead atoms. The third-order valence-electron chi connectivity index (χ3n) is 12.9. The molecule has 0 aliphatic heterocycles. The minimum absolute atomic E-state index is 0.444. The molecule has 1 heterocycles. The predicted octanol–water partition coefficient (Wildman–Crippen LogP) is 15.5. The maximum atomic E-state index is 5.27. The first kappa shape index (κ1) is 36.6. The van der Waals surface area contributed by atoms with Gasteiger partial charge in [-0.1, -0.05) is 212 Å². The van der Waals surface area contributed by atoms with Crippen LogP contribution in [0.15, 0.2) is 243 Å². The van der Waals surface area contributed by atoms with Gasteiger partial charge < -0.3 is 0 Å². The first-order chi connectivity index (χ1) is 31.2. The molecule has 1 aliphatic rings. The summed E-state index contributed by atoms with van der Waals surface area (Å²) in [5, 5.41) is 4.67. The predicted molar refractivity (Wildman–Crippen MR) is 262 cm³/mol. The first-order valence-electron chi connectivity index (χ1n) is 21.6. The van der Waals surface area contributed by atoms with Gasteiger partial charge in [-0.25, -0.2) is 9.97 Å². The largest absolute Gasteiger partial charge is 0.228 e. The van der Waals surface area contributed by atoms with E-state index in [1.165, 1.54) is 60.8 Å². The average molecular weight is 801 g/mol. The van der Waals surface area contributed by atoms with Crippen LogP contribution in [0.25, 0.3) is 88.8 Å². The summed E-state index contributed by atoms with van der Waals surface area (Å²) in [5.41, 5.74) is 16.9. The molecule has 12 rings (SSSR count). The molecule has 294 valence electrons. The quantitative estimate of drug-likeness (QED) is 0.160. The lowest BCUT2D eigenvalue weighted by atomic mass is 9.67. The average Bonchev–Trinajstić information content (AvgIpc) is 3.68. The van der Waals surface area contributed by atoms with Crippen molar-refractivity contribution in [1.82, 2.24) is 9.97 Å². The van der Waals surface area contributed by atoms with Crippen LogP contribution in [-0.4, -0.2) is 9.97 Å². The van der Waals surface area contributed by atoms with Gasteiger partial charge >= 0.3 is 0 Å². The van der Waals surface area contributed by atoms with Crippen molar-refractivity contribution in [2.45, 2.75) is 5.41 Å². The highest BCUT2D eigenvalue weighted by atomic mass is 14.9. The topological polar surface area (TPSA) is 25.8 Å². The third-order valence-corrected chi connectivity index (χ3v) is 12.9. The van der Waals surface area contributed by atoms with Crippen LogP contribution in [0.2, 0.25) is 0 Å². The smallest absolute Gasteiger partial charge is 0.160 e. The zero-order valence-corrected chi connectivity index (χ0v) is 34.5. The molecule has 63 heavy (non-hydrogen) atoms. The SMILES string of the molecule is c1ccc(-c2cc(-c3cc(-c4ccc5cc(-c6cccc7c6-c6ccccc6C7(c6ccccc6)c6ccccc6)ccc5c4)nc(-c4ccccc4)n3)c3ccccc3c2)cc1. The summed E-state index contributed by atoms with van der Waals surface area (Å²) in [4.78, 5) is 10.5. The van der Waals surface area contributed by atoms with E-state index < -0.39 is 5.41 Å². The minimum atomic E-state index is -0.444. The highest BCUT2D eigenvalue weighted by Gasteiger charge is 2.46. The van der Waals surface area contributed by atoms with E-state index in [-0.39, 0.29) is 0 Å². The Morgan fingerprint density at radius 2 is 0.825 bits per heavy atom. The molecular weight excluding hydrogens is 761 g/mol. The Hall–Kier alpha value is -8.20. The Bertz CT molecular complexity index is 3450. The fourth-order valence-corrected chi connectivity index (χ4v) is 10.1. The standard InChI is InChI=1S/C61H40N2/c1-5-18-41(19-6-1)48-38-45-22-13-14-27-51(45)54(39-48)58-40-57(62-60(63-58)42-20-7-2-8-21-42)47-35-33-43-36-46(34-32-44(43)37-47)52-29-17-31-56-59(52)53-28-15-16-30-55(53)61(56,49-23-9-3-10-24-49)50-25-11-4-12-26-50/h1-40H. The van der Waals surface area contributed by atoms with Gasteiger partial charge in [-0.05, 0) is 108 Å². The van der Waals surface area contributed by atoms with Gasteiger partial charge in [0.25, 0.3) is 0 Å². The Morgan fingerprint density at radius 3 is 1.56 bits per heavy atom. The third kappa shape index (κ3) is 6.10. The van der Waals surface area contributed by atoms with Gasteiger partial charge in [0.15, 0.2) is 5.82 Å². The molecule has 0 N–H and O–H groups in total. The molecule has 0 unspecified atom stereocenters. The fraction of sp³-hybridized carbons (Fsp3) is 0.0164. The molecule has 0 amide bonds. The fourth-order valence-electron chi connectivity index (χ4n) is 10.1. The summed E-state index contributed by atoms with van der Waals surface area (Å²) in [6.07, 6.45) is 0. The summed E-state index contributed by atoms with van der Waals surface area (Å²) >= 11 is 0. The lowest BCUT2D eigenvalue weighted by Crippen LogP contribution is -2.28. The van der Waals surface area contributed by atoms with E-state index in [0.29, 0.717) is 5.82 Å². The van der Waals surface area contributed by atoms with Crippen LogP contribution < -0.4 is 0 Å². The first-order valence-corrected chi connectivity index (χ1v) is 21.6. The highest BCUT2D eigenvalue weighted by Crippen LogP contribution is 2.58. The summed E-state index contributed by atoms with van der Waals surface area (Å²) in [6, 6.07) is 87.8. The second-order valence-corrected chi connectivity index (χ2v) is 16.5. The van der Waals surface area contributed by atoms with Gasteiger partial charge in [0.2, 0.25) is 0 Å². The van der Waals surface area contributed by atoms with Gasteiger partial charge in [0.1, 0.15) is 0 Å². The normalized spacial score (nSPS) is 12.6. The van der Waals surface area contributed by atoms with Crippen molar-refractivity contribution in [1.29, 1.82) is 0 Å². The van der Waals surface area contributed by atoms with Crippen molar-refractivity contribution >= 4 is 21.5 Å². The Morgan fingerprint density at radius 1 is 0.286 bits per heavy atom. The Kier molecular flexibility index (Phi) is 8.76. The molecule has 2 nitrogen and oxygen atoms in total. The lowest BCUT2D eigenvalue weighted by molar-refractivity contribution is 0.768. The van der Waals surface area contributed by atoms with Crippen LogP contribution in [0.5, 0.6) is 0 Å². The van der Waals surface area contributed by atoms with Crippen molar-refractivity contribution < 1.29 is 0 Å². The van der Waals surface area contributed by atoms with Crippen molar-refractivity contribution in [3.8, 4) is 67.3 Å². The van der Waals surface area contributed by atoms with E-state index >= 15 is 0 Å². The molecule has 0 spiro atoms. The van der Waals surface area contributed by atoms with Crippen molar-refractivity contribution in [2.24, 2.45) is 0 Å². The Labute approximate surface area is 367 Å². The van der Waals surface area contributed by atoms with Crippen LogP contribution in [-0.2, 0) is 5.41 Å². The molecule has 10 aromatic carbocycles. The number of hydrogen-bond donors (Lipinski definition) is 0. The van der Waals surface area contributed by atoms with Gasteiger partial charge in [-0.2, -0.15) is 0 Å². The summed E-state index contributed by atoms with van der Waals surface area (Å²) in [7, 11) is 0. The number of hydrogen-bond acceptors (Lipinski definition) is 2. The van der Waals surface area contributed by atoms with E-state index in [0.717, 1.165) is 44.4 Å². The maximum Gasteiger partial charge on any atom is 0.160 e. The van der Waals surface area contributed by atoms with Crippen LogP contribution in [0.4, 0.5) is 0 Å². The number of nitrogens with zero attached hydrogens (tertiary/aromatic N) is 2.